The molecule has 0 bridgehead atoms. The fraction of sp³-hybridized carbons (Fsp3) is 0.286. The van der Waals surface area contributed by atoms with Crippen molar-refractivity contribution in [3.05, 3.63) is 53.2 Å². The van der Waals surface area contributed by atoms with Crippen molar-refractivity contribution in [3.63, 3.8) is 0 Å². The molecule has 142 valence electrons. The van der Waals surface area contributed by atoms with Crippen molar-refractivity contribution >= 4 is 23.5 Å². The highest BCUT2D eigenvalue weighted by atomic mass is 16.6. The molecule has 1 saturated heterocycles. The SMILES string of the molecule is C#CCNC(=O)c1ccc(N2CCc3c(cccc3N3CCOC3=O)C2)nc1. The van der Waals surface area contributed by atoms with Crippen LogP contribution in [0.3, 0.4) is 0 Å². The number of nitrogens with zero attached hydrogens (tertiary/aromatic N) is 3. The lowest BCUT2D eigenvalue weighted by atomic mass is 9.97. The molecule has 0 atom stereocenters. The third-order valence-corrected chi connectivity index (χ3v) is 4.98. The zero-order chi connectivity index (χ0) is 19.5. The molecule has 2 aromatic rings. The number of benzene rings is 1. The van der Waals surface area contributed by atoms with Gasteiger partial charge in [-0.1, -0.05) is 18.1 Å². The second-order valence-corrected chi connectivity index (χ2v) is 6.64. The molecule has 1 N–H and O–H groups in total. The van der Waals surface area contributed by atoms with E-state index < -0.39 is 0 Å². The monoisotopic (exact) mass is 376 g/mol. The van der Waals surface area contributed by atoms with Gasteiger partial charge in [0.25, 0.3) is 5.91 Å². The maximum absolute atomic E-state index is 11.9. The number of carbonyl (C=O) groups excluding carboxylic acids is 2. The van der Waals surface area contributed by atoms with Crippen molar-refractivity contribution < 1.29 is 14.3 Å². The van der Waals surface area contributed by atoms with Crippen molar-refractivity contribution in [1.29, 1.82) is 0 Å². The Kier molecular flexibility index (Phi) is 4.85. The summed E-state index contributed by atoms with van der Waals surface area (Å²) in [6.07, 6.45) is 7.25. The summed E-state index contributed by atoms with van der Waals surface area (Å²) in [5, 5.41) is 2.63. The van der Waals surface area contributed by atoms with Crippen molar-refractivity contribution in [2.45, 2.75) is 13.0 Å². The van der Waals surface area contributed by atoms with Gasteiger partial charge < -0.3 is 15.0 Å². The number of hydrogen-bond acceptors (Lipinski definition) is 5. The lowest BCUT2D eigenvalue weighted by molar-refractivity contribution is 0.0958. The summed E-state index contributed by atoms with van der Waals surface area (Å²) in [4.78, 5) is 32.2. The lowest BCUT2D eigenvalue weighted by Crippen LogP contribution is -2.33. The van der Waals surface area contributed by atoms with E-state index in [2.05, 4.69) is 27.2 Å². The minimum absolute atomic E-state index is 0.191. The van der Waals surface area contributed by atoms with Crippen LogP contribution in [0.5, 0.6) is 0 Å². The molecule has 0 aliphatic carbocycles. The zero-order valence-electron chi connectivity index (χ0n) is 15.4. The minimum Gasteiger partial charge on any atom is -0.447 e. The Balaban J connectivity index is 1.51. The Morgan fingerprint density at radius 2 is 2.18 bits per heavy atom. The average Bonchev–Trinajstić information content (AvgIpc) is 3.17. The first-order chi connectivity index (χ1) is 13.7. The Morgan fingerprint density at radius 3 is 2.89 bits per heavy atom. The summed E-state index contributed by atoms with van der Waals surface area (Å²) >= 11 is 0. The molecule has 0 spiro atoms. The third-order valence-electron chi connectivity index (χ3n) is 4.98. The largest absolute Gasteiger partial charge is 0.447 e. The number of terminal acetylenes is 1. The van der Waals surface area contributed by atoms with Crippen LogP contribution < -0.4 is 15.1 Å². The van der Waals surface area contributed by atoms with Gasteiger partial charge >= 0.3 is 6.09 Å². The fourth-order valence-electron chi connectivity index (χ4n) is 3.59. The van der Waals surface area contributed by atoms with E-state index in [1.807, 2.05) is 18.2 Å². The van der Waals surface area contributed by atoms with E-state index in [-0.39, 0.29) is 18.5 Å². The van der Waals surface area contributed by atoms with Crippen molar-refractivity contribution in [2.75, 3.05) is 36.0 Å². The highest BCUT2D eigenvalue weighted by molar-refractivity contribution is 5.94. The Labute approximate surface area is 163 Å². The number of pyridine rings is 1. The van der Waals surface area contributed by atoms with Gasteiger partial charge in [0.2, 0.25) is 0 Å². The maximum Gasteiger partial charge on any atom is 0.414 e. The summed E-state index contributed by atoms with van der Waals surface area (Å²) < 4.78 is 5.08. The quantitative estimate of drug-likeness (QED) is 0.826. The molecule has 2 aliphatic rings. The van der Waals surface area contributed by atoms with Crippen LogP contribution in [-0.2, 0) is 17.7 Å². The summed E-state index contributed by atoms with van der Waals surface area (Å²) in [5.41, 5.74) is 3.77. The van der Waals surface area contributed by atoms with E-state index in [1.165, 1.54) is 11.1 Å². The van der Waals surface area contributed by atoms with Crippen LogP contribution in [0.4, 0.5) is 16.3 Å². The third kappa shape index (κ3) is 3.37. The second-order valence-electron chi connectivity index (χ2n) is 6.64. The van der Waals surface area contributed by atoms with Crippen LogP contribution in [-0.4, -0.2) is 43.2 Å². The number of anilines is 2. The second kappa shape index (κ2) is 7.61. The molecule has 2 aliphatic heterocycles. The number of amides is 2. The molecule has 1 aromatic carbocycles. The van der Waals surface area contributed by atoms with E-state index in [0.717, 1.165) is 24.5 Å². The molecule has 7 nitrogen and oxygen atoms in total. The first-order valence-corrected chi connectivity index (χ1v) is 9.15. The molecule has 0 unspecified atom stereocenters. The predicted octanol–water partition coefficient (Wildman–Crippen LogP) is 1.96. The van der Waals surface area contributed by atoms with Crippen LogP contribution in [0.2, 0.25) is 0 Å². The summed E-state index contributed by atoms with van der Waals surface area (Å²) in [6.45, 7) is 2.68. The van der Waals surface area contributed by atoms with Gasteiger partial charge in [-0.15, -0.1) is 6.42 Å². The lowest BCUT2D eigenvalue weighted by Gasteiger charge is -2.32. The van der Waals surface area contributed by atoms with Gasteiger partial charge in [0.1, 0.15) is 12.4 Å². The molecular weight excluding hydrogens is 356 g/mol. The Morgan fingerprint density at radius 1 is 1.29 bits per heavy atom. The van der Waals surface area contributed by atoms with E-state index in [9.17, 15) is 9.59 Å². The van der Waals surface area contributed by atoms with Crippen molar-refractivity contribution in [2.24, 2.45) is 0 Å². The van der Waals surface area contributed by atoms with Gasteiger partial charge in [0, 0.05) is 19.3 Å². The van der Waals surface area contributed by atoms with Gasteiger partial charge in [-0.05, 0) is 35.7 Å². The van der Waals surface area contributed by atoms with Gasteiger partial charge in [-0.25, -0.2) is 9.78 Å². The fourth-order valence-corrected chi connectivity index (χ4v) is 3.59. The van der Waals surface area contributed by atoms with Crippen LogP contribution in [0.15, 0.2) is 36.5 Å². The topological polar surface area (TPSA) is 74.8 Å². The first kappa shape index (κ1) is 17.9. The highest BCUT2D eigenvalue weighted by Crippen LogP contribution is 2.32. The highest BCUT2D eigenvalue weighted by Gasteiger charge is 2.28. The summed E-state index contributed by atoms with van der Waals surface area (Å²) in [6, 6.07) is 9.62. The molecular formula is C21H20N4O3. The number of nitrogens with one attached hydrogen (secondary N) is 1. The zero-order valence-corrected chi connectivity index (χ0v) is 15.4. The number of cyclic esters (lactones) is 1. The summed E-state index contributed by atoms with van der Waals surface area (Å²) in [5.74, 6) is 2.95. The predicted molar refractivity (Wildman–Crippen MR) is 105 cm³/mol. The average molecular weight is 376 g/mol. The minimum atomic E-state index is -0.281. The number of fused-ring (bicyclic) bond motifs is 1. The molecule has 28 heavy (non-hydrogen) atoms. The number of aromatic nitrogens is 1. The van der Waals surface area contributed by atoms with Gasteiger partial charge in [-0.3, -0.25) is 9.69 Å². The molecule has 1 fully saturated rings. The molecule has 3 heterocycles. The molecule has 2 amide bonds. The smallest absolute Gasteiger partial charge is 0.414 e. The number of hydrogen-bond donors (Lipinski definition) is 1. The standard InChI is InChI=1S/C21H20N4O3/c1-2-9-22-20(26)15-6-7-19(23-13-15)24-10-8-17-16(14-24)4-3-5-18(17)25-11-12-28-21(25)27/h1,3-7,13H,8-12,14H2,(H,22,26). The normalized spacial score (nSPS) is 15.6. The van der Waals surface area contributed by atoms with Crippen LogP contribution in [0, 0.1) is 12.3 Å². The van der Waals surface area contributed by atoms with Gasteiger partial charge in [0.15, 0.2) is 0 Å². The van der Waals surface area contributed by atoms with Gasteiger partial charge in [-0.2, -0.15) is 0 Å². The van der Waals surface area contributed by atoms with Crippen molar-refractivity contribution in [3.8, 4) is 12.3 Å². The molecule has 0 saturated carbocycles. The summed E-state index contributed by atoms with van der Waals surface area (Å²) in [7, 11) is 0. The molecule has 1 aromatic heterocycles. The van der Waals surface area contributed by atoms with E-state index in [0.29, 0.717) is 25.3 Å². The van der Waals surface area contributed by atoms with E-state index in [4.69, 9.17) is 11.2 Å². The number of ether oxygens (including phenoxy) is 1. The number of carbonyl (C=O) groups is 2. The van der Waals surface area contributed by atoms with Crippen LogP contribution >= 0.6 is 0 Å². The van der Waals surface area contributed by atoms with E-state index >= 15 is 0 Å². The Bertz CT molecular complexity index is 949. The van der Waals surface area contributed by atoms with Crippen LogP contribution in [0.25, 0.3) is 0 Å². The number of rotatable bonds is 4. The van der Waals surface area contributed by atoms with Gasteiger partial charge in [0.05, 0.1) is 24.3 Å². The molecule has 7 heteroatoms. The molecule has 4 rings (SSSR count). The molecule has 0 radical (unpaired) electrons. The van der Waals surface area contributed by atoms with Crippen molar-refractivity contribution in [1.82, 2.24) is 10.3 Å². The van der Waals surface area contributed by atoms with Crippen LogP contribution in [0.1, 0.15) is 21.5 Å². The first-order valence-electron chi connectivity index (χ1n) is 9.15. The van der Waals surface area contributed by atoms with E-state index in [1.54, 1.807) is 17.2 Å². The maximum atomic E-state index is 11.9. The Hall–Kier alpha value is -3.53.